The molecule has 1 aliphatic heterocycles. The zero-order valence-electron chi connectivity index (χ0n) is 12.6. The topological polar surface area (TPSA) is 41.6 Å². The molecule has 2 atom stereocenters. The highest BCUT2D eigenvalue weighted by molar-refractivity contribution is 5.81. The highest BCUT2D eigenvalue weighted by Crippen LogP contribution is 2.14. The number of morpholine rings is 1. The summed E-state index contributed by atoms with van der Waals surface area (Å²) in [6.45, 7) is 8.79. The molecule has 4 nitrogen and oxygen atoms in total. The Morgan fingerprint density at radius 1 is 1.20 bits per heavy atom. The van der Waals surface area contributed by atoms with Gasteiger partial charge in [-0.1, -0.05) is 29.8 Å². The number of carbonyl (C=O) groups excluding carboxylic acids is 1. The largest absolute Gasteiger partial charge is 0.378 e. The van der Waals surface area contributed by atoms with E-state index in [0.717, 1.165) is 0 Å². The number of hydrogen-bond acceptors (Lipinski definition) is 3. The van der Waals surface area contributed by atoms with Gasteiger partial charge in [0.15, 0.2) is 0 Å². The summed E-state index contributed by atoms with van der Waals surface area (Å²) in [5.41, 5.74) is 2.45. The van der Waals surface area contributed by atoms with Crippen molar-refractivity contribution in [3.8, 4) is 0 Å². The van der Waals surface area contributed by atoms with Crippen LogP contribution in [-0.2, 0) is 9.53 Å². The molecule has 20 heavy (non-hydrogen) atoms. The molecule has 1 aromatic rings. The smallest absolute Gasteiger partial charge is 0.239 e. The third-order valence-corrected chi connectivity index (χ3v) is 3.77. The van der Waals surface area contributed by atoms with Gasteiger partial charge in [0.25, 0.3) is 0 Å². The first-order valence-corrected chi connectivity index (χ1v) is 7.27. The predicted molar refractivity (Wildman–Crippen MR) is 79.6 cm³/mol. The highest BCUT2D eigenvalue weighted by atomic mass is 16.5. The quantitative estimate of drug-likeness (QED) is 0.913. The first-order chi connectivity index (χ1) is 9.58. The standard InChI is InChI=1S/C16H24N2O2/c1-12-4-6-15(7-5-12)13(2)17-14(3)16(19)18-8-10-20-11-9-18/h4-7,13-14,17H,8-11H2,1-3H3/t13-,14?/m1/s1. The van der Waals surface area contributed by atoms with Gasteiger partial charge in [0.05, 0.1) is 19.3 Å². The summed E-state index contributed by atoms with van der Waals surface area (Å²) in [5, 5.41) is 3.38. The molecule has 0 aliphatic carbocycles. The minimum Gasteiger partial charge on any atom is -0.378 e. The van der Waals surface area contributed by atoms with Crippen LogP contribution in [0.15, 0.2) is 24.3 Å². The zero-order chi connectivity index (χ0) is 14.5. The molecule has 0 radical (unpaired) electrons. The SMILES string of the molecule is Cc1ccc([C@@H](C)NC(C)C(=O)N2CCOCC2)cc1. The van der Waals surface area contributed by atoms with Gasteiger partial charge in [-0.2, -0.15) is 0 Å². The van der Waals surface area contributed by atoms with E-state index < -0.39 is 0 Å². The van der Waals surface area contributed by atoms with Crippen LogP contribution in [0.3, 0.4) is 0 Å². The van der Waals surface area contributed by atoms with Crippen LogP contribution in [0.5, 0.6) is 0 Å². The van der Waals surface area contributed by atoms with Crippen LogP contribution in [0.2, 0.25) is 0 Å². The van der Waals surface area contributed by atoms with Crippen LogP contribution in [0.4, 0.5) is 0 Å². The van der Waals surface area contributed by atoms with Crippen LogP contribution >= 0.6 is 0 Å². The molecule has 2 rings (SSSR count). The van der Waals surface area contributed by atoms with E-state index in [1.54, 1.807) is 0 Å². The molecule has 0 bridgehead atoms. The second-order valence-electron chi connectivity index (χ2n) is 5.46. The van der Waals surface area contributed by atoms with E-state index in [1.165, 1.54) is 11.1 Å². The summed E-state index contributed by atoms with van der Waals surface area (Å²) in [6.07, 6.45) is 0. The predicted octanol–water partition coefficient (Wildman–Crippen LogP) is 1.89. The maximum Gasteiger partial charge on any atom is 0.239 e. The molecule has 0 aromatic heterocycles. The van der Waals surface area contributed by atoms with Crippen molar-refractivity contribution in [3.05, 3.63) is 35.4 Å². The number of nitrogens with one attached hydrogen (secondary N) is 1. The number of carbonyl (C=O) groups is 1. The second kappa shape index (κ2) is 6.86. The lowest BCUT2D eigenvalue weighted by molar-refractivity contribution is -0.137. The van der Waals surface area contributed by atoms with Crippen molar-refractivity contribution < 1.29 is 9.53 Å². The Hall–Kier alpha value is -1.39. The minimum absolute atomic E-state index is 0.160. The molecule has 1 unspecified atom stereocenters. The fraction of sp³-hybridized carbons (Fsp3) is 0.562. The molecule has 1 fully saturated rings. The summed E-state index contributed by atoms with van der Waals surface area (Å²) >= 11 is 0. The summed E-state index contributed by atoms with van der Waals surface area (Å²) in [5.74, 6) is 0.160. The van der Waals surface area contributed by atoms with Gasteiger partial charge in [-0.15, -0.1) is 0 Å². The average Bonchev–Trinajstić information content (AvgIpc) is 2.48. The number of ether oxygens (including phenoxy) is 1. The van der Waals surface area contributed by atoms with Gasteiger partial charge in [-0.25, -0.2) is 0 Å². The fourth-order valence-electron chi connectivity index (χ4n) is 2.46. The van der Waals surface area contributed by atoms with Gasteiger partial charge in [-0.3, -0.25) is 10.1 Å². The van der Waals surface area contributed by atoms with Crippen molar-refractivity contribution in [3.63, 3.8) is 0 Å². The van der Waals surface area contributed by atoms with Crippen LogP contribution in [0, 0.1) is 6.92 Å². The Labute approximate surface area is 121 Å². The molecule has 0 saturated carbocycles. The molecule has 4 heteroatoms. The van der Waals surface area contributed by atoms with E-state index in [2.05, 4.69) is 43.4 Å². The third kappa shape index (κ3) is 3.81. The van der Waals surface area contributed by atoms with Crippen molar-refractivity contribution in [2.45, 2.75) is 32.9 Å². The van der Waals surface area contributed by atoms with Gasteiger partial charge in [0, 0.05) is 19.1 Å². The first-order valence-electron chi connectivity index (χ1n) is 7.27. The molecular formula is C16H24N2O2. The third-order valence-electron chi connectivity index (χ3n) is 3.77. The maximum atomic E-state index is 12.3. The van der Waals surface area contributed by atoms with Gasteiger partial charge >= 0.3 is 0 Å². The summed E-state index contributed by atoms with van der Waals surface area (Å²) in [6, 6.07) is 8.40. The van der Waals surface area contributed by atoms with Crippen molar-refractivity contribution in [1.82, 2.24) is 10.2 Å². The van der Waals surface area contributed by atoms with Crippen LogP contribution in [0.25, 0.3) is 0 Å². The van der Waals surface area contributed by atoms with Gasteiger partial charge in [-0.05, 0) is 26.3 Å². The van der Waals surface area contributed by atoms with E-state index in [4.69, 9.17) is 4.74 Å². The van der Waals surface area contributed by atoms with Crippen molar-refractivity contribution in [1.29, 1.82) is 0 Å². The molecule has 1 heterocycles. The van der Waals surface area contributed by atoms with Crippen LogP contribution in [0.1, 0.15) is 31.0 Å². The van der Waals surface area contributed by atoms with Gasteiger partial charge < -0.3 is 9.64 Å². The zero-order valence-corrected chi connectivity index (χ0v) is 12.6. The number of benzene rings is 1. The second-order valence-corrected chi connectivity index (χ2v) is 5.46. The Balaban J connectivity index is 1.91. The molecular weight excluding hydrogens is 252 g/mol. The molecule has 1 amide bonds. The van der Waals surface area contributed by atoms with Gasteiger partial charge in [0.1, 0.15) is 0 Å². The average molecular weight is 276 g/mol. The van der Waals surface area contributed by atoms with Crippen molar-refractivity contribution >= 4 is 5.91 Å². The summed E-state index contributed by atoms with van der Waals surface area (Å²) in [7, 11) is 0. The van der Waals surface area contributed by atoms with Crippen molar-refractivity contribution in [2.24, 2.45) is 0 Å². The minimum atomic E-state index is -0.176. The monoisotopic (exact) mass is 276 g/mol. The molecule has 1 N–H and O–H groups in total. The number of amides is 1. The Morgan fingerprint density at radius 3 is 2.40 bits per heavy atom. The lowest BCUT2D eigenvalue weighted by atomic mass is 10.1. The highest BCUT2D eigenvalue weighted by Gasteiger charge is 2.23. The Bertz CT molecular complexity index is 438. The number of nitrogens with zero attached hydrogens (tertiary/aromatic N) is 1. The Kier molecular flexibility index (Phi) is 5.15. The number of rotatable bonds is 4. The van der Waals surface area contributed by atoms with Gasteiger partial charge in [0.2, 0.25) is 5.91 Å². The van der Waals surface area contributed by atoms with E-state index in [0.29, 0.717) is 26.3 Å². The van der Waals surface area contributed by atoms with E-state index in [9.17, 15) is 4.79 Å². The normalized spacial score (nSPS) is 18.6. The number of hydrogen-bond donors (Lipinski definition) is 1. The fourth-order valence-corrected chi connectivity index (χ4v) is 2.46. The van der Waals surface area contributed by atoms with E-state index >= 15 is 0 Å². The summed E-state index contributed by atoms with van der Waals surface area (Å²) in [4.78, 5) is 14.2. The first kappa shape index (κ1) is 15.0. The Morgan fingerprint density at radius 2 is 1.80 bits per heavy atom. The molecule has 1 aromatic carbocycles. The lowest BCUT2D eigenvalue weighted by Crippen LogP contribution is -2.49. The molecule has 1 aliphatic rings. The van der Waals surface area contributed by atoms with E-state index in [1.807, 2.05) is 11.8 Å². The van der Waals surface area contributed by atoms with E-state index in [-0.39, 0.29) is 18.0 Å². The van der Waals surface area contributed by atoms with Crippen LogP contribution in [-0.4, -0.2) is 43.2 Å². The molecule has 1 saturated heterocycles. The van der Waals surface area contributed by atoms with Crippen LogP contribution < -0.4 is 5.32 Å². The molecule has 110 valence electrons. The number of aryl methyl sites for hydroxylation is 1. The summed E-state index contributed by atoms with van der Waals surface area (Å²) < 4.78 is 5.28. The lowest BCUT2D eigenvalue weighted by Gasteiger charge is -2.30. The van der Waals surface area contributed by atoms with Crippen molar-refractivity contribution in [2.75, 3.05) is 26.3 Å². The molecule has 0 spiro atoms. The maximum absolute atomic E-state index is 12.3.